The Hall–Kier alpha value is -2.03. The molecule has 1 N–H and O–H groups in total. The molecule has 2 heterocycles. The van der Waals surface area contributed by atoms with Gasteiger partial charge in [-0.15, -0.1) is 11.3 Å². The van der Waals surface area contributed by atoms with Gasteiger partial charge in [0.25, 0.3) is 5.91 Å². The molecule has 1 aromatic carbocycles. The van der Waals surface area contributed by atoms with Crippen molar-refractivity contribution >= 4 is 48.9 Å². The molecule has 166 valence electrons. The summed E-state index contributed by atoms with van der Waals surface area (Å²) in [6, 6.07) is 8.98. The fourth-order valence-electron chi connectivity index (χ4n) is 5.20. The first-order valence-corrected chi connectivity index (χ1v) is 13.6. The minimum absolute atomic E-state index is 0.0108. The molecule has 0 radical (unpaired) electrons. The third-order valence-electron chi connectivity index (χ3n) is 7.02. The van der Waals surface area contributed by atoms with Gasteiger partial charge in [-0.05, 0) is 74.3 Å². The molecule has 0 saturated heterocycles. The van der Waals surface area contributed by atoms with E-state index in [1.54, 1.807) is 17.4 Å². The van der Waals surface area contributed by atoms with E-state index in [2.05, 4.69) is 10.3 Å². The van der Waals surface area contributed by atoms with Crippen LogP contribution in [0.15, 0.2) is 41.6 Å². The van der Waals surface area contributed by atoms with Gasteiger partial charge < -0.3 is 5.32 Å². The largest absolute Gasteiger partial charge is 0.349 e. The Morgan fingerprint density at radius 1 is 1.12 bits per heavy atom. The number of nitrogens with zero attached hydrogens (tertiary/aromatic N) is 2. The third-order valence-corrected chi connectivity index (χ3v) is 10.6. The van der Waals surface area contributed by atoms with Crippen LogP contribution in [0.3, 0.4) is 0 Å². The second kappa shape index (κ2) is 7.23. The zero-order chi connectivity index (χ0) is 22.1. The monoisotopic (exact) mass is 487 g/mol. The molecule has 9 heteroatoms. The number of halogens is 1. The van der Waals surface area contributed by atoms with Crippen molar-refractivity contribution in [2.45, 2.75) is 60.8 Å². The number of carbonyl (C=O) groups is 1. The van der Waals surface area contributed by atoms with Crippen LogP contribution in [-0.4, -0.2) is 35.6 Å². The van der Waals surface area contributed by atoms with E-state index in [0.29, 0.717) is 34.8 Å². The van der Waals surface area contributed by atoms with E-state index in [1.165, 1.54) is 22.0 Å². The van der Waals surface area contributed by atoms with Crippen LogP contribution in [0.4, 0.5) is 0 Å². The summed E-state index contributed by atoms with van der Waals surface area (Å²) in [5.74, 6) is 0.261. The number of thiazole rings is 1. The van der Waals surface area contributed by atoms with Gasteiger partial charge in [-0.2, -0.15) is 0 Å². The van der Waals surface area contributed by atoms with Gasteiger partial charge in [-0.1, -0.05) is 11.6 Å². The second-order valence-corrected chi connectivity index (χ2v) is 13.1. The van der Waals surface area contributed by atoms with Crippen LogP contribution in [0.5, 0.6) is 0 Å². The van der Waals surface area contributed by atoms with Crippen LogP contribution < -0.4 is 5.32 Å². The smallest absolute Gasteiger partial charge is 0.251 e. The number of benzene rings is 1. The highest BCUT2D eigenvalue weighted by Crippen LogP contribution is 2.62. The highest BCUT2D eigenvalue weighted by molar-refractivity contribution is 7.92. The molecule has 0 atom stereocenters. The van der Waals surface area contributed by atoms with E-state index in [1.807, 2.05) is 18.2 Å². The summed E-state index contributed by atoms with van der Waals surface area (Å²) in [4.78, 5) is 21.5. The van der Waals surface area contributed by atoms with Gasteiger partial charge in [0.2, 0.25) is 0 Å². The molecule has 0 unspecified atom stereocenters. The minimum atomic E-state index is -3.40. The number of nitrogens with one attached hydrogen (secondary N) is 1. The van der Waals surface area contributed by atoms with Crippen LogP contribution in [-0.2, 0) is 9.84 Å². The molecule has 3 aliphatic carbocycles. The van der Waals surface area contributed by atoms with Crippen LogP contribution in [0.25, 0.3) is 10.2 Å². The van der Waals surface area contributed by atoms with E-state index in [9.17, 15) is 13.2 Å². The van der Waals surface area contributed by atoms with Crippen LogP contribution in [0.2, 0.25) is 5.02 Å². The average molecular weight is 488 g/mol. The number of pyridine rings is 1. The predicted molar refractivity (Wildman–Crippen MR) is 124 cm³/mol. The Morgan fingerprint density at radius 3 is 2.66 bits per heavy atom. The van der Waals surface area contributed by atoms with Crippen LogP contribution in [0.1, 0.15) is 59.8 Å². The molecule has 3 saturated carbocycles. The van der Waals surface area contributed by atoms with Crippen molar-refractivity contribution in [1.29, 1.82) is 0 Å². The van der Waals surface area contributed by atoms with Gasteiger partial charge in [0.05, 0.1) is 20.5 Å². The average Bonchev–Trinajstić information content (AvgIpc) is 3.50. The van der Waals surface area contributed by atoms with Gasteiger partial charge in [-0.25, -0.2) is 18.4 Å². The van der Waals surface area contributed by atoms with Gasteiger partial charge in [-0.3, -0.25) is 4.79 Å². The molecule has 6 rings (SSSR count). The van der Waals surface area contributed by atoms with Crippen molar-refractivity contribution in [1.82, 2.24) is 15.3 Å². The Bertz CT molecular complexity index is 1340. The number of fused-ring (bicyclic) bond motifs is 1. The number of hydrogen-bond donors (Lipinski definition) is 1. The van der Waals surface area contributed by atoms with E-state index < -0.39 is 9.84 Å². The molecule has 6 nitrogen and oxygen atoms in total. The van der Waals surface area contributed by atoms with Crippen molar-refractivity contribution in [2.24, 2.45) is 5.41 Å². The number of hydrogen-bond acceptors (Lipinski definition) is 6. The quantitative estimate of drug-likeness (QED) is 0.561. The minimum Gasteiger partial charge on any atom is -0.349 e. The molecule has 1 amide bonds. The topological polar surface area (TPSA) is 89.0 Å². The lowest BCUT2D eigenvalue weighted by Crippen LogP contribution is -2.55. The first-order valence-electron chi connectivity index (χ1n) is 10.9. The molecule has 0 aliphatic heterocycles. The maximum absolute atomic E-state index is 12.7. The lowest BCUT2D eigenvalue weighted by Gasteiger charge is -2.57. The van der Waals surface area contributed by atoms with Gasteiger partial charge >= 0.3 is 0 Å². The Labute approximate surface area is 195 Å². The van der Waals surface area contributed by atoms with Gasteiger partial charge in [0.1, 0.15) is 0 Å². The number of sulfone groups is 1. The number of rotatable bonds is 5. The maximum atomic E-state index is 12.7. The highest BCUT2D eigenvalue weighted by atomic mass is 35.5. The zero-order valence-corrected chi connectivity index (χ0v) is 19.6. The predicted octanol–water partition coefficient (Wildman–Crippen LogP) is 4.74. The summed E-state index contributed by atoms with van der Waals surface area (Å²) in [6.07, 6.45) is 6.90. The summed E-state index contributed by atoms with van der Waals surface area (Å²) >= 11 is 7.83. The normalized spacial score (nSPS) is 27.2. The fourth-order valence-corrected chi connectivity index (χ4v) is 8.01. The maximum Gasteiger partial charge on any atom is 0.251 e. The summed E-state index contributed by atoms with van der Waals surface area (Å²) in [6.45, 7) is 0. The second-order valence-electron chi connectivity index (χ2n) is 9.48. The van der Waals surface area contributed by atoms with E-state index >= 15 is 0 Å². The lowest BCUT2D eigenvalue weighted by molar-refractivity contribution is -0.0187. The van der Waals surface area contributed by atoms with Crippen molar-refractivity contribution in [2.75, 3.05) is 0 Å². The summed E-state index contributed by atoms with van der Waals surface area (Å²) in [7, 11) is -3.40. The van der Waals surface area contributed by atoms with Gasteiger partial charge in [0.15, 0.2) is 14.9 Å². The number of amides is 1. The molecule has 3 fully saturated rings. The molecule has 1 spiro atoms. The van der Waals surface area contributed by atoms with Crippen LogP contribution in [0, 0.1) is 5.41 Å². The molecule has 32 heavy (non-hydrogen) atoms. The van der Waals surface area contributed by atoms with E-state index in [4.69, 9.17) is 16.6 Å². The third kappa shape index (κ3) is 3.53. The first kappa shape index (κ1) is 20.6. The summed E-state index contributed by atoms with van der Waals surface area (Å²) in [5, 5.41) is 4.64. The first-order chi connectivity index (χ1) is 15.3. The van der Waals surface area contributed by atoms with Crippen LogP contribution >= 0.6 is 22.9 Å². The summed E-state index contributed by atoms with van der Waals surface area (Å²) < 4.78 is 26.0. The number of aromatic nitrogens is 2. The van der Waals surface area contributed by atoms with E-state index in [0.717, 1.165) is 31.2 Å². The molecule has 2 aromatic heterocycles. The zero-order valence-electron chi connectivity index (χ0n) is 17.3. The lowest BCUT2D eigenvalue weighted by atomic mass is 9.50. The number of carbonyl (C=O) groups excluding carboxylic acids is 1. The molecule has 0 bridgehead atoms. The van der Waals surface area contributed by atoms with Crippen molar-refractivity contribution in [3.63, 3.8) is 0 Å². The molecule has 3 aromatic rings. The SMILES string of the molecule is O=C(N[C@H]1CC2(C1)C[C@H](c1nc3cc(Cl)ccc3s1)C2)c1ccnc(S(=O)(=O)C2CC2)c1. The van der Waals surface area contributed by atoms with Crippen molar-refractivity contribution in [3.8, 4) is 0 Å². The Balaban J connectivity index is 1.06. The standard InChI is InChI=1S/C23H22ClN3O3S2/c24-15-1-4-19-18(8-15)27-22(31-19)14-9-23(10-14)11-16(12-23)26-21(28)13-5-6-25-20(7-13)32(29,30)17-2-3-17/h1,4-8,14,16-17H,2-3,9-12H2,(H,26,28)/t14-,16-,23?. The fraction of sp³-hybridized carbons (Fsp3) is 0.435. The van der Waals surface area contributed by atoms with E-state index in [-0.39, 0.29) is 22.2 Å². The Morgan fingerprint density at radius 2 is 1.91 bits per heavy atom. The molecular weight excluding hydrogens is 466 g/mol. The highest BCUT2D eigenvalue weighted by Gasteiger charge is 2.54. The van der Waals surface area contributed by atoms with Crippen molar-refractivity contribution < 1.29 is 13.2 Å². The summed E-state index contributed by atoms with van der Waals surface area (Å²) in [5.41, 5.74) is 1.63. The molecular formula is C23H22ClN3O3S2. The Kier molecular flexibility index (Phi) is 4.65. The van der Waals surface area contributed by atoms with Crippen molar-refractivity contribution in [3.05, 3.63) is 52.1 Å². The van der Waals surface area contributed by atoms with Gasteiger partial charge in [0, 0.05) is 28.7 Å². The molecule has 3 aliphatic rings.